The van der Waals surface area contributed by atoms with Gasteiger partial charge in [0.2, 0.25) is 5.91 Å². The molecule has 0 aliphatic rings. The lowest BCUT2D eigenvalue weighted by Gasteiger charge is -2.26. The van der Waals surface area contributed by atoms with Gasteiger partial charge in [0.05, 0.1) is 0 Å². The second-order valence-electron chi connectivity index (χ2n) is 4.87. The number of hydrogen-bond acceptors (Lipinski definition) is 2. The lowest BCUT2D eigenvalue weighted by molar-refractivity contribution is -0.120. The van der Waals surface area contributed by atoms with Gasteiger partial charge in [-0.3, -0.25) is 4.79 Å². The summed E-state index contributed by atoms with van der Waals surface area (Å²) in [7, 11) is 0. The van der Waals surface area contributed by atoms with Gasteiger partial charge < -0.3 is 11.1 Å². The Morgan fingerprint density at radius 2 is 2.17 bits per heavy atom. The Morgan fingerprint density at radius 1 is 1.50 bits per heavy atom. The Morgan fingerprint density at radius 3 is 2.67 bits per heavy atom. The van der Waals surface area contributed by atoms with Gasteiger partial charge in [-0.1, -0.05) is 12.1 Å². The summed E-state index contributed by atoms with van der Waals surface area (Å²) >= 11 is 5.44. The van der Waals surface area contributed by atoms with Gasteiger partial charge in [-0.05, 0) is 31.9 Å². The lowest BCUT2D eigenvalue weighted by atomic mass is 9.94. The fraction of sp³-hybridized carbons (Fsp3) is 0.462. The van der Waals surface area contributed by atoms with Crippen molar-refractivity contribution in [3.8, 4) is 0 Å². The number of benzene rings is 1. The second kappa shape index (κ2) is 6.16. The predicted molar refractivity (Wildman–Crippen MR) is 70.9 cm³/mol. The molecule has 0 spiro atoms. The number of carbonyl (C=O) groups excluding carboxylic acids is 1. The van der Waals surface area contributed by atoms with Gasteiger partial charge in [-0.2, -0.15) is 0 Å². The number of hydrogen-bond donors (Lipinski definition) is 2. The summed E-state index contributed by atoms with van der Waals surface area (Å²) in [4.78, 5) is 11.3. The van der Waals surface area contributed by atoms with Crippen molar-refractivity contribution >= 4 is 17.5 Å². The van der Waals surface area contributed by atoms with E-state index in [0.717, 1.165) is 5.56 Å². The van der Waals surface area contributed by atoms with E-state index in [0.29, 0.717) is 12.0 Å². The fourth-order valence-corrected chi connectivity index (χ4v) is 1.90. The van der Waals surface area contributed by atoms with Crippen LogP contribution in [0.5, 0.6) is 0 Å². The Hall–Kier alpha value is -1.13. The van der Waals surface area contributed by atoms with Crippen molar-refractivity contribution in [1.82, 2.24) is 5.32 Å². The van der Waals surface area contributed by atoms with Crippen molar-refractivity contribution in [2.24, 2.45) is 5.73 Å². The minimum Gasteiger partial charge on any atom is -0.350 e. The number of nitrogens with one attached hydrogen (secondary N) is 1. The van der Waals surface area contributed by atoms with Gasteiger partial charge in [0.1, 0.15) is 11.7 Å². The van der Waals surface area contributed by atoms with Crippen LogP contribution in [0.1, 0.15) is 25.0 Å². The molecule has 0 heterocycles. The number of nitrogens with two attached hydrogens (primary N) is 1. The van der Waals surface area contributed by atoms with Crippen molar-refractivity contribution in [2.45, 2.75) is 32.4 Å². The van der Waals surface area contributed by atoms with Crippen molar-refractivity contribution < 1.29 is 9.18 Å². The smallest absolute Gasteiger partial charge is 0.235 e. The molecule has 0 radical (unpaired) electrons. The average Bonchev–Trinajstić information content (AvgIpc) is 2.27. The number of rotatable bonds is 5. The second-order valence-corrected chi connectivity index (χ2v) is 5.14. The van der Waals surface area contributed by atoms with Gasteiger partial charge in [-0.25, -0.2) is 4.39 Å². The molecule has 0 atom stereocenters. The normalized spacial score (nSPS) is 11.4. The Kier molecular flexibility index (Phi) is 5.11. The maximum absolute atomic E-state index is 13.6. The molecule has 0 aliphatic carbocycles. The third-order valence-corrected chi connectivity index (χ3v) is 2.83. The first kappa shape index (κ1) is 14.9. The average molecular weight is 273 g/mol. The Bertz CT molecular complexity index is 435. The summed E-state index contributed by atoms with van der Waals surface area (Å²) in [6, 6.07) is 4.95. The monoisotopic (exact) mass is 272 g/mol. The molecule has 1 rings (SSSR count). The topological polar surface area (TPSA) is 55.1 Å². The van der Waals surface area contributed by atoms with Crippen LogP contribution in [0.4, 0.5) is 4.39 Å². The van der Waals surface area contributed by atoms with Crippen LogP contribution in [0.3, 0.4) is 0 Å². The highest BCUT2D eigenvalue weighted by Gasteiger charge is 2.20. The zero-order valence-corrected chi connectivity index (χ0v) is 11.4. The highest BCUT2D eigenvalue weighted by Crippen LogP contribution is 2.16. The zero-order valence-electron chi connectivity index (χ0n) is 10.6. The van der Waals surface area contributed by atoms with E-state index in [1.807, 2.05) is 19.9 Å². The molecular weight excluding hydrogens is 255 g/mol. The minimum atomic E-state index is -0.470. The maximum Gasteiger partial charge on any atom is 0.235 e. The maximum atomic E-state index is 13.6. The summed E-state index contributed by atoms with van der Waals surface area (Å²) in [6.07, 6.45) is 0.525. The predicted octanol–water partition coefficient (Wildman–Crippen LogP) is 1.96. The molecule has 3 nitrogen and oxygen atoms in total. The van der Waals surface area contributed by atoms with Crippen LogP contribution in [0.2, 0.25) is 0 Å². The number of amides is 1. The first-order valence-corrected chi connectivity index (χ1v) is 6.26. The molecule has 1 aromatic carbocycles. The van der Waals surface area contributed by atoms with Crippen molar-refractivity contribution in [1.29, 1.82) is 0 Å². The highest BCUT2D eigenvalue weighted by molar-refractivity contribution is 6.27. The summed E-state index contributed by atoms with van der Waals surface area (Å²) < 4.78 is 13.6. The first-order chi connectivity index (χ1) is 8.38. The molecule has 0 aromatic heterocycles. The Labute approximate surface area is 112 Å². The molecule has 18 heavy (non-hydrogen) atoms. The molecule has 0 saturated heterocycles. The van der Waals surface area contributed by atoms with Crippen LogP contribution in [0.15, 0.2) is 18.2 Å². The zero-order chi connectivity index (χ0) is 13.8. The van der Waals surface area contributed by atoms with E-state index in [4.69, 9.17) is 17.3 Å². The lowest BCUT2D eigenvalue weighted by Crippen LogP contribution is -2.45. The van der Waals surface area contributed by atoms with E-state index in [1.54, 1.807) is 6.07 Å². The van der Waals surface area contributed by atoms with Crippen molar-refractivity contribution in [2.75, 3.05) is 5.88 Å². The quantitative estimate of drug-likeness (QED) is 0.805. The van der Waals surface area contributed by atoms with Crippen LogP contribution in [0.25, 0.3) is 0 Å². The highest BCUT2D eigenvalue weighted by atomic mass is 35.5. The molecule has 1 aromatic rings. The van der Waals surface area contributed by atoms with Crippen LogP contribution < -0.4 is 11.1 Å². The van der Waals surface area contributed by atoms with E-state index in [-0.39, 0.29) is 24.1 Å². The molecule has 100 valence electrons. The van der Waals surface area contributed by atoms with Crippen LogP contribution in [0, 0.1) is 5.82 Å². The summed E-state index contributed by atoms with van der Waals surface area (Å²) in [5.74, 6) is -0.626. The number of alkyl halides is 1. The van der Waals surface area contributed by atoms with E-state index in [2.05, 4.69) is 5.32 Å². The van der Waals surface area contributed by atoms with E-state index in [1.165, 1.54) is 6.07 Å². The molecular formula is C13H18ClFN2O. The summed E-state index contributed by atoms with van der Waals surface area (Å²) in [6.45, 7) is 3.91. The van der Waals surface area contributed by atoms with Crippen LogP contribution in [-0.4, -0.2) is 17.3 Å². The number of halogens is 2. The standard InChI is InChI=1S/C13H18ClFN2O/c1-13(2,17-12(18)7-14)6-9-3-4-10(8-16)11(15)5-9/h3-5H,6-8,16H2,1-2H3,(H,17,18). The summed E-state index contributed by atoms with van der Waals surface area (Å²) in [5.41, 5.74) is 6.23. The molecule has 3 N–H and O–H groups in total. The fourth-order valence-electron chi connectivity index (χ4n) is 1.83. The van der Waals surface area contributed by atoms with Gasteiger partial charge in [-0.15, -0.1) is 11.6 Å². The molecule has 5 heteroatoms. The molecule has 1 amide bonds. The molecule has 0 aliphatic heterocycles. The van der Waals surface area contributed by atoms with Gasteiger partial charge in [0.15, 0.2) is 0 Å². The van der Waals surface area contributed by atoms with Crippen molar-refractivity contribution in [3.05, 3.63) is 35.1 Å². The molecule has 0 unspecified atom stereocenters. The summed E-state index contributed by atoms with van der Waals surface area (Å²) in [5, 5.41) is 2.78. The van der Waals surface area contributed by atoms with Gasteiger partial charge in [0.25, 0.3) is 0 Å². The van der Waals surface area contributed by atoms with E-state index < -0.39 is 5.54 Å². The molecule has 0 saturated carbocycles. The Balaban J connectivity index is 2.77. The minimum absolute atomic E-state index is 0.0795. The van der Waals surface area contributed by atoms with E-state index >= 15 is 0 Å². The van der Waals surface area contributed by atoms with Crippen LogP contribution in [-0.2, 0) is 17.8 Å². The molecule has 0 bridgehead atoms. The van der Waals surface area contributed by atoms with Gasteiger partial charge >= 0.3 is 0 Å². The van der Waals surface area contributed by atoms with Crippen LogP contribution >= 0.6 is 11.6 Å². The number of carbonyl (C=O) groups is 1. The molecule has 0 fully saturated rings. The largest absolute Gasteiger partial charge is 0.350 e. The van der Waals surface area contributed by atoms with Gasteiger partial charge in [0, 0.05) is 17.6 Å². The third kappa shape index (κ3) is 4.27. The third-order valence-electron chi connectivity index (χ3n) is 2.58. The van der Waals surface area contributed by atoms with E-state index in [9.17, 15) is 9.18 Å². The first-order valence-electron chi connectivity index (χ1n) is 5.72. The SMILES string of the molecule is CC(C)(Cc1ccc(CN)c(F)c1)NC(=O)CCl. The van der Waals surface area contributed by atoms with Crippen molar-refractivity contribution in [3.63, 3.8) is 0 Å².